The van der Waals surface area contributed by atoms with Crippen LogP contribution < -0.4 is 5.73 Å². The van der Waals surface area contributed by atoms with Crippen molar-refractivity contribution in [3.8, 4) is 0 Å². The first kappa shape index (κ1) is 10.8. The van der Waals surface area contributed by atoms with Gasteiger partial charge in [0, 0.05) is 13.0 Å². The van der Waals surface area contributed by atoms with Gasteiger partial charge < -0.3 is 10.2 Å². The molecule has 0 radical (unpaired) electrons. The maximum absolute atomic E-state index is 6.34. The number of rotatable bonds is 2. The van der Waals surface area contributed by atoms with Gasteiger partial charge in [-0.25, -0.2) is 4.98 Å². The van der Waals surface area contributed by atoms with E-state index in [9.17, 15) is 0 Å². The highest BCUT2D eigenvalue weighted by atomic mass is 16.3. The first-order valence-electron chi connectivity index (χ1n) is 6.37. The van der Waals surface area contributed by atoms with E-state index in [1.54, 1.807) is 0 Å². The summed E-state index contributed by atoms with van der Waals surface area (Å²) in [5.74, 6) is 1.35. The van der Waals surface area contributed by atoms with Gasteiger partial charge >= 0.3 is 0 Å². The molecular formula is C14H18N2O. The highest BCUT2D eigenvalue weighted by molar-refractivity contribution is 5.73. The summed E-state index contributed by atoms with van der Waals surface area (Å²) in [5.41, 5.74) is 9.29. The molecule has 0 amide bonds. The van der Waals surface area contributed by atoms with Crippen molar-refractivity contribution >= 4 is 11.1 Å². The number of hydrogen-bond donors (Lipinski definition) is 1. The standard InChI is InChI=1S/C14H18N2O/c1-9-16-12-7-6-11(8-13(12)17-9)14(15)10-4-2-3-5-10/h6-8,10,14H,2-5,15H2,1H3. The lowest BCUT2D eigenvalue weighted by atomic mass is 9.92. The zero-order chi connectivity index (χ0) is 11.8. The predicted octanol–water partition coefficient (Wildman–Crippen LogP) is 3.33. The van der Waals surface area contributed by atoms with Crippen molar-refractivity contribution in [3.63, 3.8) is 0 Å². The van der Waals surface area contributed by atoms with E-state index >= 15 is 0 Å². The summed E-state index contributed by atoms with van der Waals surface area (Å²) in [6.45, 7) is 1.87. The van der Waals surface area contributed by atoms with Gasteiger partial charge in [-0.1, -0.05) is 18.9 Å². The van der Waals surface area contributed by atoms with Crippen molar-refractivity contribution in [2.75, 3.05) is 0 Å². The monoisotopic (exact) mass is 230 g/mol. The van der Waals surface area contributed by atoms with Gasteiger partial charge in [-0.2, -0.15) is 0 Å². The lowest BCUT2D eigenvalue weighted by molar-refractivity contribution is 0.444. The van der Waals surface area contributed by atoms with Crippen molar-refractivity contribution in [1.29, 1.82) is 0 Å². The minimum Gasteiger partial charge on any atom is -0.441 e. The zero-order valence-corrected chi connectivity index (χ0v) is 10.1. The third kappa shape index (κ3) is 1.95. The van der Waals surface area contributed by atoms with E-state index < -0.39 is 0 Å². The molecule has 2 N–H and O–H groups in total. The highest BCUT2D eigenvalue weighted by Gasteiger charge is 2.23. The topological polar surface area (TPSA) is 52.0 Å². The molecule has 0 aliphatic heterocycles. The third-order valence-corrected chi connectivity index (χ3v) is 3.81. The van der Waals surface area contributed by atoms with E-state index in [-0.39, 0.29) is 6.04 Å². The van der Waals surface area contributed by atoms with Crippen LogP contribution in [0, 0.1) is 12.8 Å². The number of benzene rings is 1. The Morgan fingerprint density at radius 1 is 1.35 bits per heavy atom. The molecule has 2 aromatic rings. The van der Waals surface area contributed by atoms with Crippen LogP contribution in [0.25, 0.3) is 11.1 Å². The first-order chi connectivity index (χ1) is 8.24. The van der Waals surface area contributed by atoms with E-state index in [4.69, 9.17) is 10.2 Å². The minimum atomic E-state index is 0.146. The maximum atomic E-state index is 6.34. The Kier molecular flexibility index (Phi) is 2.63. The summed E-state index contributed by atoms with van der Waals surface area (Å²) in [7, 11) is 0. The fraction of sp³-hybridized carbons (Fsp3) is 0.500. The normalized spacial score (nSPS) is 18.9. The number of aromatic nitrogens is 1. The van der Waals surface area contributed by atoms with Crippen LogP contribution in [0.2, 0.25) is 0 Å². The molecule has 1 heterocycles. The van der Waals surface area contributed by atoms with Gasteiger partial charge in [0.1, 0.15) is 5.52 Å². The van der Waals surface area contributed by atoms with Crippen LogP contribution in [0.15, 0.2) is 22.6 Å². The van der Waals surface area contributed by atoms with E-state index in [0.29, 0.717) is 11.8 Å². The Morgan fingerprint density at radius 2 is 2.12 bits per heavy atom. The minimum absolute atomic E-state index is 0.146. The third-order valence-electron chi connectivity index (χ3n) is 3.81. The van der Waals surface area contributed by atoms with Crippen LogP contribution in [0.4, 0.5) is 0 Å². The van der Waals surface area contributed by atoms with E-state index in [0.717, 1.165) is 11.1 Å². The predicted molar refractivity (Wildman–Crippen MR) is 67.6 cm³/mol. The van der Waals surface area contributed by atoms with Gasteiger partial charge in [0.25, 0.3) is 0 Å². The van der Waals surface area contributed by atoms with E-state index in [1.165, 1.54) is 31.2 Å². The molecule has 1 aliphatic carbocycles. The summed E-state index contributed by atoms with van der Waals surface area (Å²) in [5, 5.41) is 0. The Hall–Kier alpha value is -1.35. The van der Waals surface area contributed by atoms with Gasteiger partial charge in [0.05, 0.1) is 0 Å². The van der Waals surface area contributed by atoms with Crippen molar-refractivity contribution in [3.05, 3.63) is 29.7 Å². The second kappa shape index (κ2) is 4.15. The summed E-state index contributed by atoms with van der Waals surface area (Å²) < 4.78 is 5.55. The number of fused-ring (bicyclic) bond motifs is 1. The van der Waals surface area contributed by atoms with Gasteiger partial charge in [-0.15, -0.1) is 0 Å². The van der Waals surface area contributed by atoms with Gasteiger partial charge in [-0.3, -0.25) is 0 Å². The molecule has 1 saturated carbocycles. The summed E-state index contributed by atoms with van der Waals surface area (Å²) in [4.78, 5) is 4.30. The molecule has 0 spiro atoms. The molecule has 1 unspecified atom stereocenters. The Morgan fingerprint density at radius 3 is 2.88 bits per heavy atom. The average Bonchev–Trinajstić information content (AvgIpc) is 2.94. The summed E-state index contributed by atoms with van der Waals surface area (Å²) in [6, 6.07) is 6.30. The summed E-state index contributed by atoms with van der Waals surface area (Å²) in [6.07, 6.45) is 5.16. The first-order valence-corrected chi connectivity index (χ1v) is 6.37. The fourth-order valence-corrected chi connectivity index (χ4v) is 2.85. The van der Waals surface area contributed by atoms with Gasteiger partial charge in [-0.05, 0) is 36.5 Å². The Labute approximate surface area is 101 Å². The van der Waals surface area contributed by atoms with Crippen LogP contribution in [-0.4, -0.2) is 4.98 Å². The smallest absolute Gasteiger partial charge is 0.192 e. The largest absolute Gasteiger partial charge is 0.441 e. The van der Waals surface area contributed by atoms with Gasteiger partial charge in [0.15, 0.2) is 11.5 Å². The molecule has 1 aromatic heterocycles. The van der Waals surface area contributed by atoms with Crippen molar-refractivity contribution in [2.45, 2.75) is 38.6 Å². The zero-order valence-electron chi connectivity index (χ0n) is 10.1. The summed E-state index contributed by atoms with van der Waals surface area (Å²) >= 11 is 0. The van der Waals surface area contributed by atoms with Crippen molar-refractivity contribution < 1.29 is 4.42 Å². The number of nitrogens with two attached hydrogens (primary N) is 1. The average molecular weight is 230 g/mol. The highest BCUT2D eigenvalue weighted by Crippen LogP contribution is 2.34. The number of nitrogens with zero attached hydrogens (tertiary/aromatic N) is 1. The molecule has 3 rings (SSSR count). The molecule has 3 nitrogen and oxygen atoms in total. The molecule has 0 saturated heterocycles. The molecule has 1 atom stereocenters. The van der Waals surface area contributed by atoms with Crippen LogP contribution in [-0.2, 0) is 0 Å². The molecule has 1 fully saturated rings. The lowest BCUT2D eigenvalue weighted by Crippen LogP contribution is -2.18. The molecule has 90 valence electrons. The lowest BCUT2D eigenvalue weighted by Gasteiger charge is -2.18. The second-order valence-electron chi connectivity index (χ2n) is 5.03. The maximum Gasteiger partial charge on any atom is 0.192 e. The van der Waals surface area contributed by atoms with Crippen molar-refractivity contribution in [2.24, 2.45) is 11.7 Å². The number of hydrogen-bond acceptors (Lipinski definition) is 3. The quantitative estimate of drug-likeness (QED) is 0.861. The number of aryl methyl sites for hydroxylation is 1. The van der Waals surface area contributed by atoms with E-state index in [1.807, 2.05) is 13.0 Å². The molecule has 1 aliphatic rings. The SMILES string of the molecule is Cc1nc2ccc(C(N)C3CCCC3)cc2o1. The van der Waals surface area contributed by atoms with Crippen LogP contribution in [0.1, 0.15) is 43.2 Å². The van der Waals surface area contributed by atoms with Crippen LogP contribution in [0.3, 0.4) is 0 Å². The molecule has 0 bridgehead atoms. The second-order valence-corrected chi connectivity index (χ2v) is 5.03. The molecule has 3 heteroatoms. The molecule has 1 aromatic carbocycles. The van der Waals surface area contributed by atoms with E-state index in [2.05, 4.69) is 17.1 Å². The Balaban J connectivity index is 1.93. The molecular weight excluding hydrogens is 212 g/mol. The van der Waals surface area contributed by atoms with Crippen molar-refractivity contribution in [1.82, 2.24) is 4.98 Å². The van der Waals surface area contributed by atoms with Crippen LogP contribution in [0.5, 0.6) is 0 Å². The number of oxazole rings is 1. The fourth-order valence-electron chi connectivity index (χ4n) is 2.85. The van der Waals surface area contributed by atoms with Crippen LogP contribution >= 0.6 is 0 Å². The molecule has 17 heavy (non-hydrogen) atoms. The Bertz CT molecular complexity index is 526. The van der Waals surface area contributed by atoms with Gasteiger partial charge in [0.2, 0.25) is 0 Å².